The number of carboxylic acid groups (broad SMARTS) is 1. The molecule has 4 bridgehead atoms. The monoisotopic (exact) mass is 689 g/mol. The molecule has 1 saturated heterocycles. The molecule has 4 heterocycles. The number of pyridine rings is 1. The summed E-state index contributed by atoms with van der Waals surface area (Å²) < 4.78 is 95.3. The minimum Gasteiger partial charge on any atom is -0.481 e. The number of nitrogens with one attached hydrogen (secondary N) is 1. The first-order chi connectivity index (χ1) is 23.1. The van der Waals surface area contributed by atoms with E-state index in [-0.39, 0.29) is 54.9 Å². The van der Waals surface area contributed by atoms with Crippen molar-refractivity contribution in [3.8, 4) is 22.8 Å². The Morgan fingerprint density at radius 1 is 1.08 bits per heavy atom. The number of fused-ring (bicyclic) bond motifs is 6. The molecule has 2 aliphatic rings. The van der Waals surface area contributed by atoms with Gasteiger partial charge in [-0.15, -0.1) is 5.10 Å². The molecule has 1 fully saturated rings. The second-order valence-corrected chi connectivity index (χ2v) is 12.1. The number of hydrogen-bond donors (Lipinski definition) is 2. The molecule has 2 aromatic heterocycles. The van der Waals surface area contributed by atoms with E-state index in [0.717, 1.165) is 18.3 Å². The van der Waals surface area contributed by atoms with E-state index in [4.69, 9.17) is 4.74 Å². The number of rotatable bonds is 6. The number of likely N-dealkylation sites (tertiary alicyclic amines) is 1. The highest BCUT2D eigenvalue weighted by atomic mass is 19.4. The van der Waals surface area contributed by atoms with Crippen LogP contribution in [-0.4, -0.2) is 62.0 Å². The molecular weight excluding hydrogens is 660 g/mol. The first-order valence-electron chi connectivity index (χ1n) is 15.1. The summed E-state index contributed by atoms with van der Waals surface area (Å²) in [5.74, 6) is -4.64. The van der Waals surface area contributed by atoms with Crippen LogP contribution in [0.2, 0.25) is 0 Å². The molecular formula is C33H29F6N5O5. The van der Waals surface area contributed by atoms with E-state index in [1.807, 2.05) is 0 Å². The van der Waals surface area contributed by atoms with Crippen molar-refractivity contribution in [3.05, 3.63) is 98.6 Å². The molecule has 2 atom stereocenters. The lowest BCUT2D eigenvalue weighted by Gasteiger charge is -2.34. The minimum atomic E-state index is -4.98. The number of hydrogen-bond acceptors (Lipinski definition) is 6. The van der Waals surface area contributed by atoms with E-state index in [0.29, 0.717) is 15.7 Å². The SMILES string of the molecule is Cc1cc2cc(c1F)[C@H](CC(=O)O)NC(=O)[C@@H](n1cc(CCN3CC(F)C3)c(C(F)(F)F)cc1=O)c1cc(ccc1F)Oc1nn(C)cc1-2. The van der Waals surface area contributed by atoms with Crippen molar-refractivity contribution in [1.29, 1.82) is 0 Å². The first-order valence-corrected chi connectivity index (χ1v) is 15.1. The van der Waals surface area contributed by atoms with Gasteiger partial charge in [0.15, 0.2) is 0 Å². The molecule has 0 unspecified atom stereocenters. The number of nitrogens with zero attached hydrogens (tertiary/aromatic N) is 4. The molecule has 16 heteroatoms. The van der Waals surface area contributed by atoms with Crippen LogP contribution in [0.1, 0.15) is 46.3 Å². The van der Waals surface area contributed by atoms with E-state index in [9.17, 15) is 37.1 Å². The van der Waals surface area contributed by atoms with Crippen molar-refractivity contribution in [2.24, 2.45) is 7.05 Å². The largest absolute Gasteiger partial charge is 0.481 e. The van der Waals surface area contributed by atoms with Gasteiger partial charge >= 0.3 is 12.1 Å². The summed E-state index contributed by atoms with van der Waals surface area (Å²) in [7, 11) is 1.59. The normalized spacial score (nSPS) is 18.3. The predicted octanol–water partition coefficient (Wildman–Crippen LogP) is 5.08. The van der Waals surface area contributed by atoms with Gasteiger partial charge in [0.25, 0.3) is 5.56 Å². The Balaban J connectivity index is 1.56. The number of carbonyl (C=O) groups excluding carboxylic acids is 1. The predicted molar refractivity (Wildman–Crippen MR) is 162 cm³/mol. The molecule has 0 saturated carbocycles. The third-order valence-electron chi connectivity index (χ3n) is 8.54. The molecule has 4 aromatic rings. The van der Waals surface area contributed by atoms with Crippen LogP contribution in [0.3, 0.4) is 0 Å². The maximum Gasteiger partial charge on any atom is 0.416 e. The Bertz CT molecular complexity index is 2020. The number of alkyl halides is 4. The van der Waals surface area contributed by atoms with Crippen LogP contribution < -0.4 is 15.6 Å². The zero-order valence-electron chi connectivity index (χ0n) is 26.0. The van der Waals surface area contributed by atoms with E-state index in [1.165, 1.54) is 29.8 Å². The fourth-order valence-corrected chi connectivity index (χ4v) is 6.16. The van der Waals surface area contributed by atoms with Crippen LogP contribution in [0.15, 0.2) is 53.6 Å². The second-order valence-electron chi connectivity index (χ2n) is 12.1. The van der Waals surface area contributed by atoms with Gasteiger partial charge in [0, 0.05) is 56.3 Å². The van der Waals surface area contributed by atoms with Crippen LogP contribution in [-0.2, 0) is 29.2 Å². The molecule has 10 nitrogen and oxygen atoms in total. The topological polar surface area (TPSA) is 119 Å². The van der Waals surface area contributed by atoms with Gasteiger partial charge in [-0.2, -0.15) is 13.2 Å². The number of aryl methyl sites for hydroxylation is 2. The third kappa shape index (κ3) is 6.77. The number of aromatic nitrogens is 3. The Morgan fingerprint density at radius 3 is 2.49 bits per heavy atom. The fourth-order valence-electron chi connectivity index (χ4n) is 6.16. The maximum atomic E-state index is 15.7. The highest BCUT2D eigenvalue weighted by molar-refractivity contribution is 5.85. The molecule has 1 amide bonds. The molecule has 49 heavy (non-hydrogen) atoms. The summed E-state index contributed by atoms with van der Waals surface area (Å²) in [6, 6.07) is 2.69. The van der Waals surface area contributed by atoms with Gasteiger partial charge in [0.2, 0.25) is 11.8 Å². The van der Waals surface area contributed by atoms with Gasteiger partial charge < -0.3 is 15.2 Å². The summed E-state index contributed by atoms with van der Waals surface area (Å²) in [5.41, 5.74) is -3.03. The van der Waals surface area contributed by atoms with Crippen molar-refractivity contribution < 1.29 is 45.8 Å². The van der Waals surface area contributed by atoms with Crippen LogP contribution in [0.4, 0.5) is 26.3 Å². The lowest BCUT2D eigenvalue weighted by atomic mass is 9.94. The smallest absolute Gasteiger partial charge is 0.416 e. The molecule has 2 N–H and O–H groups in total. The summed E-state index contributed by atoms with van der Waals surface area (Å²) in [4.78, 5) is 41.2. The van der Waals surface area contributed by atoms with Gasteiger partial charge in [0.1, 0.15) is 29.6 Å². The first kappa shape index (κ1) is 33.8. The van der Waals surface area contributed by atoms with Gasteiger partial charge in [0.05, 0.1) is 23.6 Å². The van der Waals surface area contributed by atoms with E-state index in [1.54, 1.807) is 18.1 Å². The molecule has 2 aliphatic heterocycles. The lowest BCUT2D eigenvalue weighted by molar-refractivity contribution is -0.139. The van der Waals surface area contributed by atoms with Crippen LogP contribution >= 0.6 is 0 Å². The number of carboxylic acids is 1. The number of benzene rings is 2. The molecule has 258 valence electrons. The fraction of sp³-hybridized carbons (Fsp3) is 0.333. The van der Waals surface area contributed by atoms with Crippen LogP contribution in [0.25, 0.3) is 11.1 Å². The quantitative estimate of drug-likeness (QED) is 0.271. The Morgan fingerprint density at radius 2 is 1.82 bits per heavy atom. The third-order valence-corrected chi connectivity index (χ3v) is 8.54. The summed E-state index contributed by atoms with van der Waals surface area (Å²) in [5, 5.41) is 16.5. The summed E-state index contributed by atoms with van der Waals surface area (Å²) >= 11 is 0. The van der Waals surface area contributed by atoms with Crippen LogP contribution in [0, 0.1) is 18.6 Å². The molecule has 0 aliphatic carbocycles. The number of halogens is 6. The Hall–Kier alpha value is -5.12. The molecule has 0 spiro atoms. The number of aliphatic carboxylic acids is 1. The van der Waals surface area contributed by atoms with Crippen molar-refractivity contribution in [2.75, 3.05) is 19.6 Å². The van der Waals surface area contributed by atoms with Crippen molar-refractivity contribution >= 4 is 11.9 Å². The zero-order chi connectivity index (χ0) is 35.4. The minimum absolute atomic E-state index is 0.00167. The maximum absolute atomic E-state index is 15.7. The van der Waals surface area contributed by atoms with Gasteiger partial charge in [-0.3, -0.25) is 28.5 Å². The van der Waals surface area contributed by atoms with E-state index < -0.39 is 76.6 Å². The number of ether oxygens (including phenoxy) is 1. The van der Waals surface area contributed by atoms with Crippen molar-refractivity contribution in [2.45, 2.75) is 44.2 Å². The zero-order valence-corrected chi connectivity index (χ0v) is 26.0. The van der Waals surface area contributed by atoms with E-state index in [2.05, 4.69) is 10.4 Å². The van der Waals surface area contributed by atoms with E-state index >= 15 is 8.78 Å². The summed E-state index contributed by atoms with van der Waals surface area (Å²) in [6.07, 6.45) is -4.90. The summed E-state index contributed by atoms with van der Waals surface area (Å²) in [6.45, 7) is 1.46. The van der Waals surface area contributed by atoms with Gasteiger partial charge in [-0.1, -0.05) is 0 Å². The Kier molecular flexibility index (Phi) is 8.77. The molecule has 2 aromatic carbocycles. The van der Waals surface area contributed by atoms with Gasteiger partial charge in [-0.05, 0) is 60.4 Å². The number of amides is 1. The molecule has 6 rings (SSSR count). The average molecular weight is 690 g/mol. The number of carbonyl (C=O) groups is 2. The second kappa shape index (κ2) is 12.7. The lowest BCUT2D eigenvalue weighted by Crippen LogP contribution is -2.49. The van der Waals surface area contributed by atoms with Crippen molar-refractivity contribution in [3.63, 3.8) is 0 Å². The highest BCUT2D eigenvalue weighted by Crippen LogP contribution is 2.38. The van der Waals surface area contributed by atoms with Gasteiger partial charge in [-0.25, -0.2) is 13.2 Å². The Labute approximate surface area is 274 Å². The highest BCUT2D eigenvalue weighted by Gasteiger charge is 2.38. The van der Waals surface area contributed by atoms with Crippen LogP contribution in [0.5, 0.6) is 11.6 Å². The standard InChI is InChI=1S/C33H29F6N5O5/c1-16-7-18-8-22(29(16)36)26(11-28(46)47)40-31(48)30(21-9-20(3-4-25(21)35)49-32-23(18)15-42(2)41-32)44-12-17(5-6-43-13-19(34)14-43)24(10-27(44)45)33(37,38)39/h3-4,7-10,12,15,19,26,30H,5-6,11,13-14H2,1-2H3,(H,40,48)(H,46,47)/t26-,30-/m0/s1. The molecule has 0 radical (unpaired) electrons. The van der Waals surface area contributed by atoms with Crippen molar-refractivity contribution in [1.82, 2.24) is 24.6 Å². The average Bonchev–Trinajstić information content (AvgIpc) is 3.36.